The van der Waals surface area contributed by atoms with Crippen LogP contribution in [0.2, 0.25) is 0 Å². The van der Waals surface area contributed by atoms with Gasteiger partial charge in [-0.25, -0.2) is 9.59 Å². The van der Waals surface area contributed by atoms with E-state index in [4.69, 9.17) is 9.47 Å². The van der Waals surface area contributed by atoms with Gasteiger partial charge in [0.05, 0.1) is 6.04 Å². The first-order chi connectivity index (χ1) is 13.3. The Morgan fingerprint density at radius 2 is 1.75 bits per heavy atom. The normalized spacial score (nSPS) is 25.0. The number of hydrogen-bond acceptors (Lipinski definition) is 5. The molecule has 4 rings (SSSR count). The smallest absolute Gasteiger partial charge is 0.410 e. The molecular weight excluding hydrogens is 358 g/mol. The van der Waals surface area contributed by atoms with Crippen LogP contribution in [0.1, 0.15) is 32.8 Å². The Hall–Kier alpha value is -2.28. The minimum atomic E-state index is -0.465. The summed E-state index contributed by atoms with van der Waals surface area (Å²) in [7, 11) is 0. The van der Waals surface area contributed by atoms with Crippen LogP contribution < -0.4 is 0 Å². The van der Waals surface area contributed by atoms with Gasteiger partial charge in [0.2, 0.25) is 0 Å². The molecule has 1 aliphatic carbocycles. The van der Waals surface area contributed by atoms with Crippen LogP contribution in [0.25, 0.3) is 0 Å². The maximum atomic E-state index is 12.4. The van der Waals surface area contributed by atoms with Crippen molar-refractivity contribution in [1.29, 1.82) is 0 Å². The first-order valence-corrected chi connectivity index (χ1v) is 10.0. The molecule has 2 amide bonds. The Labute approximate surface area is 166 Å². The molecule has 2 heterocycles. The summed E-state index contributed by atoms with van der Waals surface area (Å²) in [5.74, 6) is 0. The van der Waals surface area contributed by atoms with Gasteiger partial charge in [0.25, 0.3) is 0 Å². The second kappa shape index (κ2) is 7.28. The molecule has 3 fully saturated rings. The molecule has 2 atom stereocenters. The van der Waals surface area contributed by atoms with Crippen molar-refractivity contribution in [1.82, 2.24) is 14.7 Å². The quantitative estimate of drug-likeness (QED) is 0.798. The molecule has 28 heavy (non-hydrogen) atoms. The van der Waals surface area contributed by atoms with Crippen molar-refractivity contribution >= 4 is 12.2 Å². The number of benzene rings is 1. The maximum absolute atomic E-state index is 12.4. The lowest BCUT2D eigenvalue weighted by Crippen LogP contribution is -2.64. The summed E-state index contributed by atoms with van der Waals surface area (Å²) < 4.78 is 10.9. The van der Waals surface area contributed by atoms with Crippen molar-refractivity contribution in [3.05, 3.63) is 35.9 Å². The Morgan fingerprint density at radius 3 is 2.43 bits per heavy atom. The molecule has 1 aromatic carbocycles. The third kappa shape index (κ3) is 4.09. The minimum Gasteiger partial charge on any atom is -0.445 e. The van der Waals surface area contributed by atoms with Crippen molar-refractivity contribution in [3.63, 3.8) is 0 Å². The van der Waals surface area contributed by atoms with Gasteiger partial charge < -0.3 is 19.3 Å². The molecule has 152 valence electrons. The monoisotopic (exact) mass is 387 g/mol. The highest BCUT2D eigenvalue weighted by molar-refractivity contribution is 5.70. The van der Waals surface area contributed by atoms with Gasteiger partial charge in [0.15, 0.2) is 0 Å². The number of hydrogen-bond donors (Lipinski definition) is 0. The van der Waals surface area contributed by atoms with Crippen molar-refractivity contribution in [2.75, 3.05) is 26.2 Å². The van der Waals surface area contributed by atoms with Crippen molar-refractivity contribution < 1.29 is 19.1 Å². The van der Waals surface area contributed by atoms with E-state index in [1.165, 1.54) is 0 Å². The first kappa shape index (κ1) is 19.1. The highest BCUT2D eigenvalue weighted by atomic mass is 16.6. The van der Waals surface area contributed by atoms with Gasteiger partial charge in [-0.15, -0.1) is 0 Å². The number of amides is 2. The summed E-state index contributed by atoms with van der Waals surface area (Å²) >= 11 is 0. The molecule has 0 aromatic heterocycles. The fraction of sp³-hybridized carbons (Fsp3) is 0.619. The molecule has 0 N–H and O–H groups in total. The summed E-state index contributed by atoms with van der Waals surface area (Å²) in [5, 5.41) is 0. The Balaban J connectivity index is 1.21. The number of ether oxygens (including phenoxy) is 2. The fourth-order valence-corrected chi connectivity index (χ4v) is 4.04. The zero-order valence-corrected chi connectivity index (χ0v) is 16.8. The molecule has 7 nitrogen and oxygen atoms in total. The molecule has 2 saturated heterocycles. The number of rotatable bonds is 3. The van der Waals surface area contributed by atoms with E-state index in [0.29, 0.717) is 38.3 Å². The first-order valence-electron chi connectivity index (χ1n) is 10.0. The van der Waals surface area contributed by atoms with Crippen LogP contribution in [0.15, 0.2) is 30.3 Å². The van der Waals surface area contributed by atoms with Crippen LogP contribution in [0.4, 0.5) is 9.59 Å². The number of fused-ring (bicyclic) bond motifs is 1. The van der Waals surface area contributed by atoms with E-state index in [9.17, 15) is 9.59 Å². The van der Waals surface area contributed by atoms with E-state index in [0.717, 1.165) is 18.5 Å². The molecule has 7 heteroatoms. The van der Waals surface area contributed by atoms with E-state index < -0.39 is 5.60 Å². The van der Waals surface area contributed by atoms with E-state index >= 15 is 0 Å². The average Bonchev–Trinajstić information content (AvgIpc) is 3.39. The lowest BCUT2D eigenvalue weighted by molar-refractivity contribution is -0.0148. The van der Waals surface area contributed by atoms with Crippen LogP contribution in [-0.4, -0.2) is 76.8 Å². The summed E-state index contributed by atoms with van der Waals surface area (Å²) in [6.07, 6.45) is 0.535. The summed E-state index contributed by atoms with van der Waals surface area (Å²) in [6, 6.07) is 10.7. The molecule has 0 radical (unpaired) electrons. The van der Waals surface area contributed by atoms with Crippen LogP contribution in [0.5, 0.6) is 0 Å². The molecule has 1 aromatic rings. The predicted molar refractivity (Wildman–Crippen MR) is 104 cm³/mol. The topological polar surface area (TPSA) is 62.3 Å². The average molecular weight is 387 g/mol. The fourth-order valence-electron chi connectivity index (χ4n) is 4.04. The lowest BCUT2D eigenvalue weighted by Gasteiger charge is -2.47. The van der Waals surface area contributed by atoms with E-state index in [1.807, 2.05) is 56.0 Å². The minimum absolute atomic E-state index is 0.209. The largest absolute Gasteiger partial charge is 0.445 e. The van der Waals surface area contributed by atoms with Gasteiger partial charge in [-0.2, -0.15) is 0 Å². The molecule has 2 aliphatic heterocycles. The van der Waals surface area contributed by atoms with Crippen LogP contribution in [0.3, 0.4) is 0 Å². The predicted octanol–water partition coefficient (Wildman–Crippen LogP) is 2.70. The molecule has 1 saturated carbocycles. The van der Waals surface area contributed by atoms with E-state index in [2.05, 4.69) is 4.90 Å². The Bertz CT molecular complexity index is 727. The number of piperazine rings is 1. The Morgan fingerprint density at radius 1 is 1.04 bits per heavy atom. The summed E-state index contributed by atoms with van der Waals surface area (Å²) in [6.45, 7) is 8.90. The standard InChI is InChI=1S/C21H29N3O4/c1-21(2,3)28-20(26)24-10-9-23(17-11-18(17)24)16-12-22(13-16)19(25)27-14-15-7-5-4-6-8-15/h4-8,16-18H,9-14H2,1-3H3. The SMILES string of the molecule is CC(C)(C)OC(=O)N1CCN(C2CN(C(=O)OCc3ccccc3)C2)C2CC21. The second-order valence-electron chi connectivity index (χ2n) is 8.88. The number of likely N-dealkylation sites (tertiary alicyclic amines) is 1. The van der Waals surface area contributed by atoms with Gasteiger partial charge >= 0.3 is 12.2 Å². The van der Waals surface area contributed by atoms with Gasteiger partial charge in [0.1, 0.15) is 12.2 Å². The van der Waals surface area contributed by atoms with Crippen molar-refractivity contribution in [2.45, 2.75) is 57.5 Å². The third-order valence-corrected chi connectivity index (χ3v) is 5.57. The molecule has 2 unspecified atom stereocenters. The number of nitrogens with zero attached hydrogens (tertiary/aromatic N) is 3. The highest BCUT2D eigenvalue weighted by Gasteiger charge is 2.54. The zero-order chi connectivity index (χ0) is 19.9. The number of carbonyl (C=O) groups excluding carboxylic acids is 2. The van der Waals surface area contributed by atoms with E-state index in [-0.39, 0.29) is 18.2 Å². The van der Waals surface area contributed by atoms with E-state index in [1.54, 1.807) is 4.90 Å². The summed E-state index contributed by atoms with van der Waals surface area (Å²) in [4.78, 5) is 30.6. The molecular formula is C21H29N3O4. The molecule has 0 spiro atoms. The van der Waals surface area contributed by atoms with Crippen LogP contribution >= 0.6 is 0 Å². The maximum Gasteiger partial charge on any atom is 0.410 e. The molecule has 0 bridgehead atoms. The van der Waals surface area contributed by atoms with Gasteiger partial charge in [-0.3, -0.25) is 4.90 Å². The van der Waals surface area contributed by atoms with Crippen molar-refractivity contribution in [3.8, 4) is 0 Å². The van der Waals surface area contributed by atoms with Gasteiger partial charge in [-0.1, -0.05) is 30.3 Å². The van der Waals surface area contributed by atoms with Crippen LogP contribution in [-0.2, 0) is 16.1 Å². The van der Waals surface area contributed by atoms with Crippen molar-refractivity contribution in [2.24, 2.45) is 0 Å². The number of carbonyl (C=O) groups is 2. The molecule has 3 aliphatic rings. The lowest BCUT2D eigenvalue weighted by atomic mass is 10.1. The second-order valence-corrected chi connectivity index (χ2v) is 8.88. The Kier molecular flexibility index (Phi) is 4.95. The van der Waals surface area contributed by atoms with Gasteiger partial charge in [-0.05, 0) is 32.8 Å². The highest BCUT2D eigenvalue weighted by Crippen LogP contribution is 2.40. The zero-order valence-electron chi connectivity index (χ0n) is 16.8. The van der Waals surface area contributed by atoms with Crippen LogP contribution in [0, 0.1) is 0 Å². The third-order valence-electron chi connectivity index (χ3n) is 5.57. The summed E-state index contributed by atoms with van der Waals surface area (Å²) in [5.41, 5.74) is 0.528. The van der Waals surface area contributed by atoms with Gasteiger partial charge in [0, 0.05) is 38.3 Å².